The molecule has 3 heteroatoms. The summed E-state index contributed by atoms with van der Waals surface area (Å²) < 4.78 is 18.4. The minimum Gasteiger partial charge on any atom is -0.494 e. The maximum atomic E-state index is 13.4. The zero-order valence-corrected chi connectivity index (χ0v) is 11.1. The fourth-order valence-electron chi connectivity index (χ4n) is 2.30. The predicted molar refractivity (Wildman–Crippen MR) is 68.8 cm³/mol. The van der Waals surface area contributed by atoms with Crippen LogP contribution in [0.5, 0.6) is 5.75 Å². The number of benzene rings is 1. The van der Waals surface area contributed by atoms with Crippen molar-refractivity contribution >= 4 is 0 Å². The summed E-state index contributed by atoms with van der Waals surface area (Å²) in [7, 11) is 3.44. The van der Waals surface area contributed by atoms with Crippen molar-refractivity contribution in [1.29, 1.82) is 0 Å². The molecule has 17 heavy (non-hydrogen) atoms. The molecule has 96 valence electrons. The molecule has 1 unspecified atom stereocenters. The molecule has 0 aliphatic heterocycles. The molecule has 0 aliphatic rings. The lowest BCUT2D eigenvalue weighted by Crippen LogP contribution is -2.24. The lowest BCUT2D eigenvalue weighted by Gasteiger charge is -2.25. The van der Waals surface area contributed by atoms with Crippen LogP contribution in [0.25, 0.3) is 0 Å². The summed E-state index contributed by atoms with van der Waals surface area (Å²) in [5.41, 5.74) is 1.08. The maximum absolute atomic E-state index is 13.4. The van der Waals surface area contributed by atoms with Crippen molar-refractivity contribution in [3.63, 3.8) is 0 Å². The third-order valence-corrected chi connectivity index (χ3v) is 3.37. The van der Waals surface area contributed by atoms with Crippen molar-refractivity contribution in [2.75, 3.05) is 14.2 Å². The summed E-state index contributed by atoms with van der Waals surface area (Å²) >= 11 is 0. The van der Waals surface area contributed by atoms with E-state index in [1.54, 1.807) is 6.07 Å². The first kappa shape index (κ1) is 14.0. The van der Waals surface area contributed by atoms with Crippen molar-refractivity contribution in [2.45, 2.75) is 32.7 Å². The first-order valence-electron chi connectivity index (χ1n) is 6.18. The van der Waals surface area contributed by atoms with Crippen LogP contribution in [-0.4, -0.2) is 14.2 Å². The van der Waals surface area contributed by atoms with Crippen LogP contribution in [0.2, 0.25) is 0 Å². The Hall–Kier alpha value is -1.09. The van der Waals surface area contributed by atoms with Gasteiger partial charge in [0.25, 0.3) is 0 Å². The summed E-state index contributed by atoms with van der Waals surface area (Å²) in [5, 5.41) is 3.31. The monoisotopic (exact) mass is 239 g/mol. The zero-order valence-electron chi connectivity index (χ0n) is 11.1. The molecule has 1 rings (SSSR count). The highest BCUT2D eigenvalue weighted by molar-refractivity contribution is 5.32. The summed E-state index contributed by atoms with van der Waals surface area (Å²) in [6.45, 7) is 4.36. The van der Waals surface area contributed by atoms with Gasteiger partial charge < -0.3 is 10.1 Å². The maximum Gasteiger partial charge on any atom is 0.165 e. The van der Waals surface area contributed by atoms with Gasteiger partial charge in [-0.1, -0.05) is 32.8 Å². The molecule has 0 saturated heterocycles. The molecule has 1 atom stereocenters. The third kappa shape index (κ3) is 3.19. The molecule has 0 aliphatic carbocycles. The van der Waals surface area contributed by atoms with Crippen LogP contribution < -0.4 is 10.1 Å². The summed E-state index contributed by atoms with van der Waals surface area (Å²) in [5.74, 6) is 0.555. The standard InChI is InChI=1S/C14H22FNO/c1-5-10(6-2)14(16-3)11-7-8-12(15)13(9-11)17-4/h7-10,14,16H,5-6H2,1-4H3. The number of nitrogens with one attached hydrogen (secondary N) is 1. The van der Waals surface area contributed by atoms with Gasteiger partial charge in [0, 0.05) is 6.04 Å². The average Bonchev–Trinajstić information content (AvgIpc) is 2.36. The minimum atomic E-state index is -0.310. The van der Waals surface area contributed by atoms with Crippen molar-refractivity contribution in [1.82, 2.24) is 5.32 Å². The molecule has 0 bridgehead atoms. The van der Waals surface area contributed by atoms with Gasteiger partial charge in [-0.3, -0.25) is 0 Å². The van der Waals surface area contributed by atoms with E-state index in [1.165, 1.54) is 13.2 Å². The minimum absolute atomic E-state index is 0.250. The topological polar surface area (TPSA) is 21.3 Å². The first-order valence-corrected chi connectivity index (χ1v) is 6.18. The van der Waals surface area contributed by atoms with Crippen molar-refractivity contribution in [3.05, 3.63) is 29.6 Å². The van der Waals surface area contributed by atoms with E-state index >= 15 is 0 Å². The van der Waals surface area contributed by atoms with E-state index in [0.29, 0.717) is 11.7 Å². The second-order valence-corrected chi connectivity index (χ2v) is 4.24. The smallest absolute Gasteiger partial charge is 0.165 e. The Morgan fingerprint density at radius 2 is 1.94 bits per heavy atom. The number of rotatable bonds is 6. The molecule has 1 N–H and O–H groups in total. The zero-order chi connectivity index (χ0) is 12.8. The summed E-state index contributed by atoms with van der Waals surface area (Å²) in [6.07, 6.45) is 2.20. The molecular weight excluding hydrogens is 217 g/mol. The van der Waals surface area contributed by atoms with Crippen LogP contribution in [-0.2, 0) is 0 Å². The van der Waals surface area contributed by atoms with E-state index in [1.807, 2.05) is 13.1 Å². The Labute approximate surface area is 103 Å². The molecule has 0 saturated carbocycles. The van der Waals surface area contributed by atoms with E-state index in [2.05, 4.69) is 19.2 Å². The number of hydrogen-bond donors (Lipinski definition) is 1. The van der Waals surface area contributed by atoms with E-state index < -0.39 is 0 Å². The van der Waals surface area contributed by atoms with Crippen LogP contribution in [0.4, 0.5) is 4.39 Å². The lowest BCUT2D eigenvalue weighted by molar-refractivity contribution is 0.353. The predicted octanol–water partition coefficient (Wildman–Crippen LogP) is 3.53. The first-order chi connectivity index (χ1) is 8.17. The average molecular weight is 239 g/mol. The highest BCUT2D eigenvalue weighted by Gasteiger charge is 2.19. The van der Waals surface area contributed by atoms with Crippen molar-refractivity contribution in [3.8, 4) is 5.75 Å². The highest BCUT2D eigenvalue weighted by Crippen LogP contribution is 2.30. The van der Waals surface area contributed by atoms with Gasteiger partial charge in [-0.25, -0.2) is 4.39 Å². The van der Waals surface area contributed by atoms with Gasteiger partial charge >= 0.3 is 0 Å². The third-order valence-electron chi connectivity index (χ3n) is 3.37. The van der Waals surface area contributed by atoms with E-state index in [4.69, 9.17) is 4.74 Å². The lowest BCUT2D eigenvalue weighted by atomic mass is 9.89. The van der Waals surface area contributed by atoms with Gasteiger partial charge in [-0.15, -0.1) is 0 Å². The van der Waals surface area contributed by atoms with Crippen LogP contribution >= 0.6 is 0 Å². The van der Waals surface area contributed by atoms with Crippen molar-refractivity contribution in [2.24, 2.45) is 5.92 Å². The van der Waals surface area contributed by atoms with Crippen LogP contribution in [0.15, 0.2) is 18.2 Å². The Morgan fingerprint density at radius 1 is 1.29 bits per heavy atom. The van der Waals surface area contributed by atoms with E-state index in [9.17, 15) is 4.39 Å². The van der Waals surface area contributed by atoms with Crippen molar-refractivity contribution < 1.29 is 9.13 Å². The fraction of sp³-hybridized carbons (Fsp3) is 0.571. The SMILES string of the molecule is CCC(CC)C(NC)c1ccc(F)c(OC)c1. The Morgan fingerprint density at radius 3 is 2.41 bits per heavy atom. The second-order valence-electron chi connectivity index (χ2n) is 4.24. The van der Waals surface area contributed by atoms with Gasteiger partial charge in [0.1, 0.15) is 0 Å². The van der Waals surface area contributed by atoms with Gasteiger partial charge in [-0.05, 0) is 30.7 Å². The normalized spacial score (nSPS) is 12.8. The number of hydrogen-bond acceptors (Lipinski definition) is 2. The summed E-state index contributed by atoms with van der Waals surface area (Å²) in [4.78, 5) is 0. The van der Waals surface area contributed by atoms with Gasteiger partial charge in [0.2, 0.25) is 0 Å². The molecule has 2 nitrogen and oxygen atoms in total. The molecule has 0 radical (unpaired) electrons. The highest BCUT2D eigenvalue weighted by atomic mass is 19.1. The molecule has 0 fully saturated rings. The van der Waals surface area contributed by atoms with E-state index in [-0.39, 0.29) is 11.9 Å². The van der Waals surface area contributed by atoms with Gasteiger partial charge in [-0.2, -0.15) is 0 Å². The van der Waals surface area contributed by atoms with Crippen LogP contribution in [0, 0.1) is 11.7 Å². The number of methoxy groups -OCH3 is 1. The Bertz CT molecular complexity index is 350. The molecule has 0 heterocycles. The molecule has 1 aromatic carbocycles. The second kappa shape index (κ2) is 6.60. The number of halogens is 1. The fourth-order valence-corrected chi connectivity index (χ4v) is 2.30. The van der Waals surface area contributed by atoms with E-state index in [0.717, 1.165) is 18.4 Å². The molecule has 0 amide bonds. The molecule has 0 aromatic heterocycles. The molecule has 1 aromatic rings. The number of ether oxygens (including phenoxy) is 1. The quantitative estimate of drug-likeness (QED) is 0.820. The van der Waals surface area contributed by atoms with Gasteiger partial charge in [0.15, 0.2) is 11.6 Å². The largest absolute Gasteiger partial charge is 0.494 e. The molecular formula is C14H22FNO. The van der Waals surface area contributed by atoms with Gasteiger partial charge in [0.05, 0.1) is 7.11 Å². The Balaban J connectivity index is 3.03. The molecule has 0 spiro atoms. The summed E-state index contributed by atoms with van der Waals surface area (Å²) in [6, 6.07) is 5.34. The Kier molecular flexibility index (Phi) is 5.42. The van der Waals surface area contributed by atoms with Crippen LogP contribution in [0.3, 0.4) is 0 Å². The van der Waals surface area contributed by atoms with Crippen LogP contribution in [0.1, 0.15) is 38.3 Å².